The largest absolute Gasteiger partial charge is 0.456 e. The molecule has 1 atom stereocenters. The zero-order chi connectivity index (χ0) is 35.9. The van der Waals surface area contributed by atoms with Crippen molar-refractivity contribution in [3.8, 4) is 0 Å². The van der Waals surface area contributed by atoms with Gasteiger partial charge < -0.3 is 18.9 Å². The maximum absolute atomic E-state index is 12.6. The van der Waals surface area contributed by atoms with E-state index in [0.29, 0.717) is 32.0 Å². The monoisotopic (exact) mass is 652 g/mol. The molecule has 0 aromatic heterocycles. The number of carbonyl (C=O) groups excluding carboxylic acids is 2. The summed E-state index contributed by atoms with van der Waals surface area (Å²) in [7, 11) is 2.27. The van der Waals surface area contributed by atoms with E-state index in [1.165, 1.54) is 23.3 Å². The van der Waals surface area contributed by atoms with E-state index in [1.54, 1.807) is 0 Å². The first-order valence-electron chi connectivity index (χ1n) is 17.6. The number of aryl methyl sites for hydroxylation is 2. The molecular formula is C40H65BO6. The Labute approximate surface area is 287 Å². The topological polar surface area (TPSA) is 71.1 Å². The van der Waals surface area contributed by atoms with Crippen molar-refractivity contribution in [1.29, 1.82) is 0 Å². The summed E-state index contributed by atoms with van der Waals surface area (Å²) in [5, 5.41) is 0. The second kappa shape index (κ2) is 15.9. The minimum absolute atomic E-state index is 0.0970. The van der Waals surface area contributed by atoms with Crippen LogP contribution in [0.15, 0.2) is 36.9 Å². The summed E-state index contributed by atoms with van der Waals surface area (Å²) < 4.78 is 24.3. The predicted molar refractivity (Wildman–Crippen MR) is 196 cm³/mol. The molecule has 47 heavy (non-hydrogen) atoms. The molecule has 1 aromatic carbocycles. The number of ether oxygens (including phenoxy) is 4. The van der Waals surface area contributed by atoms with E-state index in [2.05, 4.69) is 88.0 Å². The molecule has 1 aromatic rings. The molecule has 0 aliphatic heterocycles. The minimum atomic E-state index is -0.647. The van der Waals surface area contributed by atoms with Crippen molar-refractivity contribution in [2.24, 2.45) is 16.7 Å². The van der Waals surface area contributed by atoms with Crippen LogP contribution in [0.4, 0.5) is 0 Å². The van der Waals surface area contributed by atoms with E-state index in [1.807, 2.05) is 33.8 Å². The summed E-state index contributed by atoms with van der Waals surface area (Å²) in [5.74, 6) is -0.278. The third-order valence-electron chi connectivity index (χ3n) is 11.0. The summed E-state index contributed by atoms with van der Waals surface area (Å²) in [4.78, 5) is 24.3. The van der Waals surface area contributed by atoms with E-state index in [-0.39, 0.29) is 28.0 Å². The number of fused-ring (bicyclic) bond motifs is 1. The molecule has 6 nitrogen and oxygen atoms in total. The van der Waals surface area contributed by atoms with Crippen LogP contribution >= 0.6 is 0 Å². The Morgan fingerprint density at radius 2 is 1.23 bits per heavy atom. The van der Waals surface area contributed by atoms with Gasteiger partial charge in [0.2, 0.25) is 0 Å². The molecule has 1 aliphatic carbocycles. The molecule has 0 N–H and O–H groups in total. The normalized spacial score (nSPS) is 15.1. The van der Waals surface area contributed by atoms with Gasteiger partial charge in [0.25, 0.3) is 0 Å². The summed E-state index contributed by atoms with van der Waals surface area (Å²) in [6, 6.07) is 6.35. The SMILES string of the molecule is BCC(CC(C)(C)C(C)(C)OCCC(C)(C)OC(=O)C=C)CC(C)(C)C(C)(C)OCCC(C)(C)OC(=O)/C=C/c1ccc2c(c1)CC2. The number of esters is 2. The van der Waals surface area contributed by atoms with Gasteiger partial charge in [0, 0.05) is 25.0 Å². The Morgan fingerprint density at radius 1 is 0.766 bits per heavy atom. The van der Waals surface area contributed by atoms with Crippen LogP contribution in [0.2, 0.25) is 6.32 Å². The third-order valence-corrected chi connectivity index (χ3v) is 11.0. The van der Waals surface area contributed by atoms with Crippen LogP contribution in [0, 0.1) is 16.7 Å². The lowest BCUT2D eigenvalue weighted by Crippen LogP contribution is -2.46. The molecule has 1 unspecified atom stereocenters. The highest BCUT2D eigenvalue weighted by atomic mass is 16.6. The maximum Gasteiger partial charge on any atom is 0.331 e. The van der Waals surface area contributed by atoms with Gasteiger partial charge in [-0.3, -0.25) is 0 Å². The minimum Gasteiger partial charge on any atom is -0.456 e. The van der Waals surface area contributed by atoms with Gasteiger partial charge in [-0.2, -0.15) is 0 Å². The zero-order valence-corrected chi connectivity index (χ0v) is 32.1. The van der Waals surface area contributed by atoms with Gasteiger partial charge >= 0.3 is 11.9 Å². The van der Waals surface area contributed by atoms with Crippen LogP contribution in [0.3, 0.4) is 0 Å². The van der Waals surface area contributed by atoms with E-state index in [0.717, 1.165) is 37.6 Å². The van der Waals surface area contributed by atoms with Crippen molar-refractivity contribution < 1.29 is 28.5 Å². The Morgan fingerprint density at radius 3 is 1.64 bits per heavy atom. The van der Waals surface area contributed by atoms with Crippen LogP contribution in [-0.4, -0.2) is 55.4 Å². The van der Waals surface area contributed by atoms with Crippen molar-refractivity contribution in [3.05, 3.63) is 53.6 Å². The quantitative estimate of drug-likeness (QED) is 0.0800. The first kappa shape index (κ1) is 40.8. The molecule has 0 amide bonds. The number of benzene rings is 1. The second-order valence-corrected chi connectivity index (χ2v) is 17.1. The van der Waals surface area contributed by atoms with Crippen LogP contribution < -0.4 is 0 Å². The first-order chi connectivity index (χ1) is 21.4. The predicted octanol–water partition coefficient (Wildman–Crippen LogP) is 8.50. The third kappa shape index (κ3) is 12.2. The highest BCUT2D eigenvalue weighted by molar-refractivity contribution is 6.08. The standard InChI is InChI=1S/C40H65BO6/c1-14-33(42)46-37(6,7)21-23-44-39(10,11)35(2,3)26-30(28-41)27-36(4,5)40(12,13)45-24-22-38(8,9)47-34(43)20-16-29-15-17-31-18-19-32(31)25-29/h14-17,20,25,30H,1,18-19,21-24,26-28,41H2,2-13H3/b20-16+. The molecule has 1 aliphatic rings. The lowest BCUT2D eigenvalue weighted by atomic mass is 9.63. The van der Waals surface area contributed by atoms with Crippen molar-refractivity contribution >= 4 is 25.9 Å². The Kier molecular flexibility index (Phi) is 13.8. The number of hydrogen-bond acceptors (Lipinski definition) is 6. The first-order valence-corrected chi connectivity index (χ1v) is 17.6. The zero-order valence-electron chi connectivity index (χ0n) is 32.1. The molecular weight excluding hydrogens is 587 g/mol. The highest BCUT2D eigenvalue weighted by Crippen LogP contribution is 2.46. The van der Waals surface area contributed by atoms with Crippen LogP contribution in [-0.2, 0) is 41.4 Å². The molecule has 0 saturated heterocycles. The van der Waals surface area contributed by atoms with Gasteiger partial charge in [0.15, 0.2) is 0 Å². The molecule has 7 heteroatoms. The average Bonchev–Trinajstić information content (AvgIpc) is 2.91. The number of rotatable bonds is 20. The number of carbonyl (C=O) groups is 2. The molecule has 0 fully saturated rings. The second-order valence-electron chi connectivity index (χ2n) is 17.1. The van der Waals surface area contributed by atoms with Crippen molar-refractivity contribution in [1.82, 2.24) is 0 Å². The van der Waals surface area contributed by atoms with Crippen LogP contribution in [0.25, 0.3) is 6.08 Å². The summed E-state index contributed by atoms with van der Waals surface area (Å²) in [5.41, 5.74) is 1.57. The van der Waals surface area contributed by atoms with E-state index in [4.69, 9.17) is 18.9 Å². The lowest BCUT2D eigenvalue weighted by Gasteiger charge is -2.47. The molecule has 0 radical (unpaired) electrons. The smallest absolute Gasteiger partial charge is 0.331 e. The molecule has 0 spiro atoms. The van der Waals surface area contributed by atoms with Gasteiger partial charge in [0.05, 0.1) is 24.4 Å². The van der Waals surface area contributed by atoms with Gasteiger partial charge in [-0.25, -0.2) is 9.59 Å². The van der Waals surface area contributed by atoms with E-state index < -0.39 is 17.2 Å². The van der Waals surface area contributed by atoms with Crippen molar-refractivity contribution in [3.63, 3.8) is 0 Å². The van der Waals surface area contributed by atoms with Gasteiger partial charge in [-0.15, -0.1) is 0 Å². The fourth-order valence-corrected chi connectivity index (χ4v) is 6.00. The molecule has 0 saturated carbocycles. The van der Waals surface area contributed by atoms with Crippen LogP contribution in [0.5, 0.6) is 0 Å². The highest BCUT2D eigenvalue weighted by Gasteiger charge is 2.44. The summed E-state index contributed by atoms with van der Waals surface area (Å²) >= 11 is 0. The molecule has 0 heterocycles. The Hall–Kier alpha value is -2.38. The van der Waals surface area contributed by atoms with E-state index in [9.17, 15) is 9.59 Å². The maximum atomic E-state index is 12.6. The van der Waals surface area contributed by atoms with Gasteiger partial charge in [-0.05, 0) is 121 Å². The van der Waals surface area contributed by atoms with Gasteiger partial charge in [-0.1, -0.05) is 58.8 Å². The average molecular weight is 653 g/mol. The molecule has 264 valence electrons. The van der Waals surface area contributed by atoms with Crippen molar-refractivity contribution in [2.45, 2.75) is 150 Å². The van der Waals surface area contributed by atoms with Crippen LogP contribution in [0.1, 0.15) is 125 Å². The number of hydrogen-bond donors (Lipinski definition) is 0. The fourth-order valence-electron chi connectivity index (χ4n) is 6.00. The molecule has 0 bridgehead atoms. The van der Waals surface area contributed by atoms with E-state index >= 15 is 0 Å². The Balaban J connectivity index is 1.90. The molecule has 2 rings (SSSR count). The fraction of sp³-hybridized carbons (Fsp3) is 0.700. The summed E-state index contributed by atoms with van der Waals surface area (Å²) in [6.45, 7) is 30.0. The van der Waals surface area contributed by atoms with Crippen molar-refractivity contribution in [2.75, 3.05) is 13.2 Å². The Bertz CT molecular complexity index is 1250. The van der Waals surface area contributed by atoms with Gasteiger partial charge in [0.1, 0.15) is 19.0 Å². The lowest BCUT2D eigenvalue weighted by molar-refractivity contribution is -0.156. The summed E-state index contributed by atoms with van der Waals surface area (Å²) in [6.07, 6.45) is 11.1.